The van der Waals surface area contributed by atoms with Crippen molar-refractivity contribution in [1.82, 2.24) is 10.3 Å². The highest BCUT2D eigenvalue weighted by Crippen LogP contribution is 2.27. The molecule has 4 nitrogen and oxygen atoms in total. The second-order valence-corrected chi connectivity index (χ2v) is 6.85. The first-order chi connectivity index (χ1) is 12.1. The van der Waals surface area contributed by atoms with Gasteiger partial charge in [-0.15, -0.1) is 22.7 Å². The molecule has 130 valence electrons. The van der Waals surface area contributed by atoms with Crippen molar-refractivity contribution in [3.8, 4) is 15.6 Å². The number of nitrogens with zero attached hydrogens (tertiary/aromatic N) is 1. The van der Waals surface area contributed by atoms with Crippen LogP contribution in [0.2, 0.25) is 0 Å². The van der Waals surface area contributed by atoms with Crippen molar-refractivity contribution < 1.29 is 18.3 Å². The lowest BCUT2D eigenvalue weighted by atomic mass is 10.1. The van der Waals surface area contributed by atoms with E-state index in [1.54, 1.807) is 28.8 Å². The third-order valence-electron chi connectivity index (χ3n) is 3.32. The van der Waals surface area contributed by atoms with Crippen molar-refractivity contribution >= 4 is 28.6 Å². The number of nitrogens with one attached hydrogen (secondary N) is 1. The molecule has 0 radical (unpaired) electrons. The summed E-state index contributed by atoms with van der Waals surface area (Å²) in [6.45, 7) is -2.40. The van der Waals surface area contributed by atoms with Crippen LogP contribution in [0.1, 0.15) is 16.1 Å². The van der Waals surface area contributed by atoms with Crippen LogP contribution in [-0.2, 0) is 6.42 Å². The van der Waals surface area contributed by atoms with E-state index in [9.17, 15) is 13.6 Å². The van der Waals surface area contributed by atoms with E-state index in [4.69, 9.17) is 0 Å². The highest BCUT2D eigenvalue weighted by molar-refractivity contribution is 7.20. The number of aromatic nitrogens is 1. The van der Waals surface area contributed by atoms with Gasteiger partial charge in [0.15, 0.2) is 0 Å². The summed E-state index contributed by atoms with van der Waals surface area (Å²) in [4.78, 5) is 17.5. The van der Waals surface area contributed by atoms with Gasteiger partial charge in [0.1, 0.15) is 16.5 Å². The van der Waals surface area contributed by atoms with Gasteiger partial charge in [0.05, 0.1) is 4.88 Å². The summed E-state index contributed by atoms with van der Waals surface area (Å²) in [5.74, 6) is -0.108. The number of carbonyl (C=O) groups excluding carboxylic acids is 1. The molecule has 0 aliphatic heterocycles. The first-order valence-electron chi connectivity index (χ1n) is 7.43. The second-order valence-electron chi connectivity index (χ2n) is 5.04. The molecular formula is C17H14F2N2O2S2. The van der Waals surface area contributed by atoms with Gasteiger partial charge in [-0.2, -0.15) is 8.78 Å². The number of halogens is 2. The second kappa shape index (κ2) is 8.17. The van der Waals surface area contributed by atoms with Gasteiger partial charge in [0, 0.05) is 11.9 Å². The summed E-state index contributed by atoms with van der Waals surface area (Å²) in [5, 5.41) is 7.34. The van der Waals surface area contributed by atoms with E-state index in [-0.39, 0.29) is 11.7 Å². The first-order valence-corrected chi connectivity index (χ1v) is 9.19. The zero-order chi connectivity index (χ0) is 17.6. The van der Waals surface area contributed by atoms with Crippen LogP contribution >= 0.6 is 22.7 Å². The Balaban J connectivity index is 1.49. The first kappa shape index (κ1) is 17.5. The van der Waals surface area contributed by atoms with Gasteiger partial charge in [0.2, 0.25) is 0 Å². The van der Waals surface area contributed by atoms with E-state index in [1.165, 1.54) is 23.5 Å². The minimum Gasteiger partial charge on any atom is -0.435 e. The molecule has 0 unspecified atom stereocenters. The van der Waals surface area contributed by atoms with Crippen LogP contribution in [-0.4, -0.2) is 24.0 Å². The Bertz CT molecular complexity index is 818. The average Bonchev–Trinajstić information content (AvgIpc) is 3.27. The predicted molar refractivity (Wildman–Crippen MR) is 94.5 cm³/mol. The van der Waals surface area contributed by atoms with Gasteiger partial charge in [-0.1, -0.05) is 18.2 Å². The average molecular weight is 380 g/mol. The highest BCUT2D eigenvalue weighted by Gasteiger charge is 2.12. The standard InChI is InChI=1S/C17H14F2N2O2S2/c18-17(19)23-12-5-3-11(4-6-12)7-8-20-15(22)13-10-25-16(21-13)14-2-1-9-24-14/h1-6,9-10,17H,7-8H2,(H,20,22). The Morgan fingerprint density at radius 3 is 2.68 bits per heavy atom. The lowest BCUT2D eigenvalue weighted by Gasteiger charge is -2.06. The maximum Gasteiger partial charge on any atom is 0.387 e. The molecule has 1 aromatic carbocycles. The monoisotopic (exact) mass is 380 g/mol. The largest absolute Gasteiger partial charge is 0.435 e. The Kier molecular flexibility index (Phi) is 5.72. The molecule has 2 aromatic heterocycles. The molecule has 0 aliphatic carbocycles. The van der Waals surface area contributed by atoms with Crippen LogP contribution in [0.5, 0.6) is 5.75 Å². The molecule has 25 heavy (non-hydrogen) atoms. The van der Waals surface area contributed by atoms with Crippen molar-refractivity contribution in [2.24, 2.45) is 0 Å². The number of thiophene rings is 1. The summed E-state index contributed by atoms with van der Waals surface area (Å²) in [7, 11) is 0. The van der Waals surface area contributed by atoms with E-state index in [0.29, 0.717) is 18.7 Å². The van der Waals surface area contributed by atoms with Crippen molar-refractivity contribution in [1.29, 1.82) is 0 Å². The maximum atomic E-state index is 12.1. The Hall–Kier alpha value is -2.32. The molecule has 0 saturated carbocycles. The van der Waals surface area contributed by atoms with Crippen LogP contribution < -0.4 is 10.1 Å². The van der Waals surface area contributed by atoms with Gasteiger partial charge in [-0.3, -0.25) is 4.79 Å². The molecule has 0 saturated heterocycles. The lowest BCUT2D eigenvalue weighted by molar-refractivity contribution is -0.0498. The molecule has 0 bridgehead atoms. The quantitative estimate of drug-likeness (QED) is 0.659. The van der Waals surface area contributed by atoms with Crippen LogP contribution in [0, 0.1) is 0 Å². The van der Waals surface area contributed by atoms with Crippen LogP contribution in [0.15, 0.2) is 47.2 Å². The Morgan fingerprint density at radius 2 is 2.00 bits per heavy atom. The van der Waals surface area contributed by atoms with E-state index in [0.717, 1.165) is 15.4 Å². The van der Waals surface area contributed by atoms with Crippen LogP contribution in [0.25, 0.3) is 9.88 Å². The number of hydrogen-bond acceptors (Lipinski definition) is 5. The molecule has 0 spiro atoms. The number of carbonyl (C=O) groups is 1. The van der Waals surface area contributed by atoms with Gasteiger partial charge >= 0.3 is 6.61 Å². The molecule has 1 N–H and O–H groups in total. The third kappa shape index (κ3) is 4.83. The van der Waals surface area contributed by atoms with Crippen molar-refractivity contribution in [3.05, 3.63) is 58.4 Å². The number of thiazole rings is 1. The zero-order valence-corrected chi connectivity index (χ0v) is 14.6. The minimum atomic E-state index is -2.83. The fourth-order valence-electron chi connectivity index (χ4n) is 2.14. The number of ether oxygens (including phenoxy) is 1. The molecule has 1 amide bonds. The van der Waals surface area contributed by atoms with Crippen LogP contribution in [0.3, 0.4) is 0 Å². The summed E-state index contributed by atoms with van der Waals surface area (Å²) in [5.41, 5.74) is 1.31. The summed E-state index contributed by atoms with van der Waals surface area (Å²) in [6, 6.07) is 10.3. The van der Waals surface area contributed by atoms with Gasteiger partial charge in [-0.25, -0.2) is 4.98 Å². The number of rotatable bonds is 7. The van der Waals surface area contributed by atoms with Gasteiger partial charge in [-0.05, 0) is 35.6 Å². The van der Waals surface area contributed by atoms with E-state index < -0.39 is 6.61 Å². The number of benzene rings is 1. The fourth-order valence-corrected chi connectivity index (χ4v) is 3.75. The zero-order valence-electron chi connectivity index (χ0n) is 12.9. The summed E-state index contributed by atoms with van der Waals surface area (Å²) in [6.07, 6.45) is 0.586. The molecule has 3 rings (SSSR count). The van der Waals surface area contributed by atoms with E-state index in [1.807, 2.05) is 17.5 Å². The SMILES string of the molecule is O=C(NCCc1ccc(OC(F)F)cc1)c1csc(-c2cccs2)n1. The molecule has 0 aliphatic rings. The smallest absolute Gasteiger partial charge is 0.387 e. The van der Waals surface area contributed by atoms with E-state index >= 15 is 0 Å². The van der Waals surface area contributed by atoms with Crippen molar-refractivity contribution in [2.75, 3.05) is 6.54 Å². The fraction of sp³-hybridized carbons (Fsp3) is 0.176. The summed E-state index contributed by atoms with van der Waals surface area (Å²) < 4.78 is 28.5. The lowest BCUT2D eigenvalue weighted by Crippen LogP contribution is -2.25. The molecule has 2 heterocycles. The number of hydrogen-bond donors (Lipinski definition) is 1. The molecule has 0 atom stereocenters. The molecule has 8 heteroatoms. The highest BCUT2D eigenvalue weighted by atomic mass is 32.1. The summed E-state index contributed by atoms with van der Waals surface area (Å²) >= 11 is 3.02. The van der Waals surface area contributed by atoms with Gasteiger partial charge < -0.3 is 10.1 Å². The molecular weight excluding hydrogens is 366 g/mol. The van der Waals surface area contributed by atoms with Crippen molar-refractivity contribution in [3.63, 3.8) is 0 Å². The molecule has 0 fully saturated rings. The van der Waals surface area contributed by atoms with Crippen molar-refractivity contribution in [2.45, 2.75) is 13.0 Å². The minimum absolute atomic E-state index is 0.117. The Morgan fingerprint density at radius 1 is 1.20 bits per heavy atom. The maximum absolute atomic E-state index is 12.1. The normalized spacial score (nSPS) is 10.8. The number of alkyl halides is 2. The predicted octanol–water partition coefficient (Wildman–Crippen LogP) is 4.45. The Labute approximate surface area is 151 Å². The van der Waals surface area contributed by atoms with Crippen LogP contribution in [0.4, 0.5) is 8.78 Å². The molecule has 3 aromatic rings. The topological polar surface area (TPSA) is 51.2 Å². The van der Waals surface area contributed by atoms with E-state index in [2.05, 4.69) is 15.0 Å². The third-order valence-corrected chi connectivity index (χ3v) is 5.20. The van der Waals surface area contributed by atoms with Gasteiger partial charge in [0.25, 0.3) is 5.91 Å². The number of amides is 1.